The van der Waals surface area contributed by atoms with Crippen LogP contribution in [0.2, 0.25) is 0 Å². The molecule has 1 aromatic heterocycles. The molecule has 1 aromatic rings. The molecule has 0 aliphatic heterocycles. The van der Waals surface area contributed by atoms with E-state index >= 15 is 0 Å². The molecule has 0 N–H and O–H groups in total. The van der Waals surface area contributed by atoms with Crippen LogP contribution in [-0.4, -0.2) is 12.1 Å². The lowest BCUT2D eigenvalue weighted by Crippen LogP contribution is -1.92. The second-order valence-corrected chi connectivity index (χ2v) is 2.21. The third-order valence-electron chi connectivity index (χ3n) is 1.23. The number of rotatable bonds is 2. The molecule has 0 aliphatic rings. The average molecular weight is 176 g/mol. The molecule has 4 heteroatoms. The van der Waals surface area contributed by atoms with Gasteiger partial charge in [0, 0.05) is 6.07 Å². The zero-order valence-corrected chi connectivity index (χ0v) is 6.73. The summed E-state index contributed by atoms with van der Waals surface area (Å²) in [5.74, 6) is -0.0339. The molecular weight excluding hydrogens is 169 g/mol. The van der Waals surface area contributed by atoms with Crippen molar-refractivity contribution in [2.45, 2.75) is 5.88 Å². The first kappa shape index (κ1) is 8.27. The number of ether oxygens (including phenoxy) is 1. The van der Waals surface area contributed by atoms with E-state index in [1.54, 1.807) is 0 Å². The van der Waals surface area contributed by atoms with E-state index in [0.29, 0.717) is 5.69 Å². The van der Waals surface area contributed by atoms with E-state index in [1.807, 2.05) is 0 Å². The molecule has 0 spiro atoms. The number of aromatic nitrogens is 1. The van der Waals surface area contributed by atoms with Gasteiger partial charge in [-0.15, -0.1) is 11.6 Å². The molecule has 0 bridgehead atoms. The number of halogens is 2. The van der Waals surface area contributed by atoms with Crippen LogP contribution in [0, 0.1) is 5.82 Å². The van der Waals surface area contributed by atoms with Crippen LogP contribution in [0.1, 0.15) is 5.69 Å². The van der Waals surface area contributed by atoms with Gasteiger partial charge in [0.25, 0.3) is 0 Å². The fourth-order valence-corrected chi connectivity index (χ4v) is 0.836. The van der Waals surface area contributed by atoms with Crippen molar-refractivity contribution in [1.82, 2.24) is 4.98 Å². The highest BCUT2D eigenvalue weighted by Crippen LogP contribution is 2.16. The Morgan fingerprint density at radius 2 is 2.45 bits per heavy atom. The zero-order chi connectivity index (χ0) is 8.27. The molecule has 0 radical (unpaired) electrons. The minimum Gasteiger partial charge on any atom is -0.494 e. The van der Waals surface area contributed by atoms with Gasteiger partial charge < -0.3 is 4.74 Å². The van der Waals surface area contributed by atoms with Gasteiger partial charge in [-0.1, -0.05) is 0 Å². The SMILES string of the molecule is COc1cc(CCl)ncc1F. The van der Waals surface area contributed by atoms with Crippen molar-refractivity contribution in [3.05, 3.63) is 23.8 Å². The van der Waals surface area contributed by atoms with Crippen molar-refractivity contribution in [1.29, 1.82) is 0 Å². The number of nitrogens with zero attached hydrogens (tertiary/aromatic N) is 1. The van der Waals surface area contributed by atoms with Crippen LogP contribution in [-0.2, 0) is 5.88 Å². The number of pyridine rings is 1. The van der Waals surface area contributed by atoms with E-state index in [-0.39, 0.29) is 11.6 Å². The largest absolute Gasteiger partial charge is 0.494 e. The quantitative estimate of drug-likeness (QED) is 0.642. The first-order valence-electron chi connectivity index (χ1n) is 3.02. The summed E-state index contributed by atoms with van der Waals surface area (Å²) in [6, 6.07) is 1.47. The smallest absolute Gasteiger partial charge is 0.183 e. The second kappa shape index (κ2) is 3.53. The van der Waals surface area contributed by atoms with Gasteiger partial charge in [0.05, 0.1) is 24.9 Å². The Kier molecular flexibility index (Phi) is 2.65. The highest BCUT2D eigenvalue weighted by Gasteiger charge is 2.02. The van der Waals surface area contributed by atoms with Crippen LogP contribution >= 0.6 is 11.6 Å². The fourth-order valence-electron chi connectivity index (χ4n) is 0.690. The molecule has 0 saturated carbocycles. The van der Waals surface area contributed by atoms with Gasteiger partial charge in [-0.3, -0.25) is 4.98 Å². The van der Waals surface area contributed by atoms with Crippen molar-refractivity contribution in [3.63, 3.8) is 0 Å². The maximum atomic E-state index is 12.7. The van der Waals surface area contributed by atoms with Crippen molar-refractivity contribution in [3.8, 4) is 5.75 Å². The summed E-state index contributed by atoms with van der Waals surface area (Å²) in [7, 11) is 1.40. The van der Waals surface area contributed by atoms with Crippen molar-refractivity contribution < 1.29 is 9.13 Å². The molecule has 0 amide bonds. The van der Waals surface area contributed by atoms with Gasteiger partial charge in [-0.25, -0.2) is 4.39 Å². The van der Waals surface area contributed by atoms with Crippen LogP contribution in [0.25, 0.3) is 0 Å². The third-order valence-corrected chi connectivity index (χ3v) is 1.51. The lowest BCUT2D eigenvalue weighted by atomic mass is 10.3. The van der Waals surface area contributed by atoms with Crippen molar-refractivity contribution in [2.75, 3.05) is 7.11 Å². The molecule has 2 nitrogen and oxygen atoms in total. The number of hydrogen-bond acceptors (Lipinski definition) is 2. The van der Waals surface area contributed by atoms with Crippen LogP contribution in [0.15, 0.2) is 12.3 Å². The molecule has 0 fully saturated rings. The van der Waals surface area contributed by atoms with Gasteiger partial charge in [-0.05, 0) is 0 Å². The molecule has 1 heterocycles. The maximum absolute atomic E-state index is 12.7. The zero-order valence-electron chi connectivity index (χ0n) is 5.97. The topological polar surface area (TPSA) is 22.1 Å². The summed E-state index contributed by atoms with van der Waals surface area (Å²) in [5, 5.41) is 0. The molecule has 0 atom stereocenters. The van der Waals surface area contributed by atoms with Crippen molar-refractivity contribution >= 4 is 11.6 Å². The van der Waals surface area contributed by atoms with Crippen LogP contribution < -0.4 is 4.74 Å². The highest BCUT2D eigenvalue weighted by atomic mass is 35.5. The monoisotopic (exact) mass is 175 g/mol. The summed E-state index contributed by atoms with van der Waals surface area (Å²) in [4.78, 5) is 3.72. The Hall–Kier alpha value is -0.830. The Morgan fingerprint density at radius 1 is 1.73 bits per heavy atom. The van der Waals surface area contributed by atoms with Crippen LogP contribution in [0.5, 0.6) is 5.75 Å². The minimum absolute atomic E-state index is 0.177. The van der Waals surface area contributed by atoms with Gasteiger partial charge in [0.2, 0.25) is 0 Å². The predicted molar refractivity (Wildman–Crippen MR) is 40.3 cm³/mol. The summed E-state index contributed by atoms with van der Waals surface area (Å²) >= 11 is 5.47. The summed E-state index contributed by atoms with van der Waals surface area (Å²) in [5.41, 5.74) is 0.602. The molecule has 0 aromatic carbocycles. The molecule has 1 rings (SSSR count). The maximum Gasteiger partial charge on any atom is 0.183 e. The van der Waals surface area contributed by atoms with Crippen LogP contribution in [0.4, 0.5) is 4.39 Å². The first-order chi connectivity index (χ1) is 5.27. The van der Waals surface area contributed by atoms with E-state index in [4.69, 9.17) is 16.3 Å². The third kappa shape index (κ3) is 1.80. The van der Waals surface area contributed by atoms with Crippen molar-refractivity contribution in [2.24, 2.45) is 0 Å². The lowest BCUT2D eigenvalue weighted by Gasteiger charge is -2.01. The average Bonchev–Trinajstić information content (AvgIpc) is 2.05. The molecule has 0 unspecified atom stereocenters. The standard InChI is InChI=1S/C7H7ClFNO/c1-11-7-2-5(3-8)10-4-6(7)9/h2,4H,3H2,1H3. The van der Waals surface area contributed by atoms with E-state index in [1.165, 1.54) is 13.2 Å². The second-order valence-electron chi connectivity index (χ2n) is 1.94. The van der Waals surface area contributed by atoms with E-state index in [2.05, 4.69) is 4.98 Å². The first-order valence-corrected chi connectivity index (χ1v) is 3.55. The highest BCUT2D eigenvalue weighted by molar-refractivity contribution is 6.16. The molecule has 0 aliphatic carbocycles. The summed E-state index contributed by atoms with van der Waals surface area (Å²) < 4.78 is 17.4. The van der Waals surface area contributed by atoms with Gasteiger partial charge in [0.1, 0.15) is 0 Å². The van der Waals surface area contributed by atoms with Gasteiger partial charge >= 0.3 is 0 Å². The fraction of sp³-hybridized carbons (Fsp3) is 0.286. The Balaban J connectivity index is 3.02. The molecule has 0 saturated heterocycles. The summed E-state index contributed by atoms with van der Waals surface area (Å²) in [6.45, 7) is 0. The van der Waals surface area contributed by atoms with E-state index in [0.717, 1.165) is 6.20 Å². The van der Waals surface area contributed by atoms with E-state index < -0.39 is 5.82 Å². The number of alkyl halides is 1. The summed E-state index contributed by atoms with van der Waals surface area (Å²) in [6.07, 6.45) is 1.09. The minimum atomic E-state index is -0.471. The Bertz CT molecular complexity index is 254. The molecular formula is C7H7ClFNO. The lowest BCUT2D eigenvalue weighted by molar-refractivity contribution is 0.384. The van der Waals surface area contributed by atoms with E-state index in [9.17, 15) is 4.39 Å². The van der Waals surface area contributed by atoms with Crippen LogP contribution in [0.3, 0.4) is 0 Å². The number of hydrogen-bond donors (Lipinski definition) is 0. The molecule has 60 valence electrons. The Morgan fingerprint density at radius 3 is 3.00 bits per heavy atom. The predicted octanol–water partition coefficient (Wildman–Crippen LogP) is 1.97. The molecule has 11 heavy (non-hydrogen) atoms. The van der Waals surface area contributed by atoms with Gasteiger partial charge in [-0.2, -0.15) is 0 Å². The van der Waals surface area contributed by atoms with Gasteiger partial charge in [0.15, 0.2) is 11.6 Å². The number of methoxy groups -OCH3 is 1. The Labute approximate surface area is 69.0 Å². The normalized spacial score (nSPS) is 9.73.